The molecule has 7 nitrogen and oxygen atoms in total. The largest absolute Gasteiger partial charge is 0.494 e. The second kappa shape index (κ2) is 11.5. The van der Waals surface area contributed by atoms with E-state index in [1.54, 1.807) is 31.2 Å². The van der Waals surface area contributed by atoms with Gasteiger partial charge in [-0.2, -0.15) is 0 Å². The lowest BCUT2D eigenvalue weighted by molar-refractivity contribution is -0.122. The van der Waals surface area contributed by atoms with Crippen LogP contribution in [0.1, 0.15) is 44.2 Å². The summed E-state index contributed by atoms with van der Waals surface area (Å²) in [4.78, 5) is 15.3. The Kier molecular flexibility index (Phi) is 8.74. The highest BCUT2D eigenvalue weighted by molar-refractivity contribution is 7.92. The number of hydrogen-bond acceptors (Lipinski definition) is 5. The first kappa shape index (κ1) is 25.1. The fourth-order valence-corrected chi connectivity index (χ4v) is 5.31. The molecule has 1 atom stereocenters. The molecule has 0 spiro atoms. The van der Waals surface area contributed by atoms with E-state index < -0.39 is 16.1 Å². The molecule has 33 heavy (non-hydrogen) atoms. The maximum Gasteiger partial charge on any atom is 0.243 e. The summed E-state index contributed by atoms with van der Waals surface area (Å²) in [5, 5.41) is 2.87. The van der Waals surface area contributed by atoms with Crippen LogP contribution in [0.5, 0.6) is 5.75 Å². The van der Waals surface area contributed by atoms with Gasteiger partial charge in [0.15, 0.2) is 0 Å². The molecule has 1 aliphatic rings. The summed E-state index contributed by atoms with van der Waals surface area (Å²) in [6.45, 7) is 7.60. The Hall–Kier alpha value is -2.58. The number of hydrogen-bond donors (Lipinski definition) is 1. The smallest absolute Gasteiger partial charge is 0.243 e. The van der Waals surface area contributed by atoms with Gasteiger partial charge in [-0.15, -0.1) is 0 Å². The first-order valence-corrected chi connectivity index (χ1v) is 13.4. The predicted octanol–water partition coefficient (Wildman–Crippen LogP) is 3.54. The van der Waals surface area contributed by atoms with E-state index in [4.69, 9.17) is 4.74 Å². The average Bonchev–Trinajstić information content (AvgIpc) is 2.79. The highest BCUT2D eigenvalue weighted by atomic mass is 32.2. The lowest BCUT2D eigenvalue weighted by atomic mass is 10.1. The van der Waals surface area contributed by atoms with E-state index >= 15 is 0 Å². The second-order valence-corrected chi connectivity index (χ2v) is 10.4. The van der Waals surface area contributed by atoms with Crippen LogP contribution in [0.2, 0.25) is 0 Å². The van der Waals surface area contributed by atoms with E-state index in [0.717, 1.165) is 35.8 Å². The van der Waals surface area contributed by atoms with Gasteiger partial charge in [0.25, 0.3) is 0 Å². The zero-order chi connectivity index (χ0) is 23.8. The number of piperidine rings is 1. The van der Waals surface area contributed by atoms with E-state index in [1.807, 2.05) is 19.1 Å². The van der Waals surface area contributed by atoms with Crippen LogP contribution in [0.15, 0.2) is 48.5 Å². The van der Waals surface area contributed by atoms with E-state index in [-0.39, 0.29) is 5.91 Å². The molecule has 2 aromatic carbocycles. The molecular weight excluding hydrogens is 438 g/mol. The Morgan fingerprint density at radius 1 is 1.03 bits per heavy atom. The number of carbonyl (C=O) groups excluding carboxylic acids is 1. The molecular formula is C25H35N3O4S. The maximum absolute atomic E-state index is 12.8. The fourth-order valence-electron chi connectivity index (χ4n) is 4.14. The molecule has 0 radical (unpaired) electrons. The minimum atomic E-state index is -3.66. The van der Waals surface area contributed by atoms with Crippen molar-refractivity contribution in [1.29, 1.82) is 0 Å². The average molecular weight is 474 g/mol. The highest BCUT2D eigenvalue weighted by Gasteiger charge is 2.29. The molecule has 1 amide bonds. The second-order valence-electron chi connectivity index (χ2n) is 8.53. The first-order chi connectivity index (χ1) is 15.8. The van der Waals surface area contributed by atoms with Crippen molar-refractivity contribution < 1.29 is 17.9 Å². The van der Waals surface area contributed by atoms with Crippen LogP contribution in [-0.2, 0) is 27.9 Å². The topological polar surface area (TPSA) is 79.0 Å². The third kappa shape index (κ3) is 7.20. The van der Waals surface area contributed by atoms with Crippen LogP contribution in [0.4, 0.5) is 5.69 Å². The summed E-state index contributed by atoms with van der Waals surface area (Å²) < 4.78 is 31.5. The Labute approximate surface area is 197 Å². The molecule has 0 unspecified atom stereocenters. The SMILES string of the molecule is CCOc1ccc(N([C@@H](C)C(=O)NCc2ccc(CN3CCCCC3)cc2)S(C)(=O)=O)cc1. The summed E-state index contributed by atoms with van der Waals surface area (Å²) in [5.41, 5.74) is 2.66. The van der Waals surface area contributed by atoms with Crippen LogP contribution in [0.3, 0.4) is 0 Å². The Balaban J connectivity index is 1.60. The van der Waals surface area contributed by atoms with Gasteiger partial charge in [0.2, 0.25) is 15.9 Å². The van der Waals surface area contributed by atoms with Crippen molar-refractivity contribution in [3.8, 4) is 5.75 Å². The van der Waals surface area contributed by atoms with Gasteiger partial charge in [0.1, 0.15) is 11.8 Å². The molecule has 1 fully saturated rings. The molecule has 1 aliphatic heterocycles. The predicted molar refractivity (Wildman–Crippen MR) is 132 cm³/mol. The Bertz CT molecular complexity index is 1000. The number of rotatable bonds is 10. The van der Waals surface area contributed by atoms with Gasteiger partial charge in [0, 0.05) is 13.1 Å². The molecule has 0 aliphatic carbocycles. The van der Waals surface area contributed by atoms with Gasteiger partial charge in [-0.25, -0.2) is 8.42 Å². The number of anilines is 1. The van der Waals surface area contributed by atoms with Gasteiger partial charge in [-0.1, -0.05) is 30.7 Å². The zero-order valence-electron chi connectivity index (χ0n) is 19.8. The van der Waals surface area contributed by atoms with Crippen molar-refractivity contribution in [1.82, 2.24) is 10.2 Å². The summed E-state index contributed by atoms with van der Waals surface area (Å²) >= 11 is 0. The molecule has 0 saturated carbocycles. The molecule has 0 bridgehead atoms. The van der Waals surface area contributed by atoms with E-state index in [2.05, 4.69) is 22.3 Å². The Morgan fingerprint density at radius 3 is 2.21 bits per heavy atom. The molecule has 2 aromatic rings. The number of benzene rings is 2. The standard InChI is InChI=1S/C25H35N3O4S/c1-4-32-24-14-12-23(13-15-24)28(33(3,30)31)20(2)25(29)26-18-21-8-10-22(11-9-21)19-27-16-6-5-7-17-27/h8-15,20H,4-7,16-19H2,1-3H3,(H,26,29)/t20-/m0/s1. The molecule has 0 aromatic heterocycles. The number of ether oxygens (including phenoxy) is 1. The van der Waals surface area contributed by atoms with Crippen LogP contribution >= 0.6 is 0 Å². The monoisotopic (exact) mass is 473 g/mol. The Morgan fingerprint density at radius 2 is 1.64 bits per heavy atom. The number of likely N-dealkylation sites (tertiary alicyclic amines) is 1. The van der Waals surface area contributed by atoms with Crippen LogP contribution in [0.25, 0.3) is 0 Å². The van der Waals surface area contributed by atoms with Crippen molar-refractivity contribution >= 4 is 21.6 Å². The van der Waals surface area contributed by atoms with Gasteiger partial charge >= 0.3 is 0 Å². The van der Waals surface area contributed by atoms with Gasteiger partial charge < -0.3 is 10.1 Å². The zero-order valence-corrected chi connectivity index (χ0v) is 20.6. The van der Waals surface area contributed by atoms with Gasteiger partial charge in [-0.3, -0.25) is 14.0 Å². The third-order valence-corrected chi connectivity index (χ3v) is 7.08. The van der Waals surface area contributed by atoms with Gasteiger partial charge in [0.05, 0.1) is 18.6 Å². The third-order valence-electron chi connectivity index (χ3n) is 5.84. The fraction of sp³-hybridized carbons (Fsp3) is 0.480. The summed E-state index contributed by atoms with van der Waals surface area (Å²) in [6.07, 6.45) is 4.96. The van der Waals surface area contributed by atoms with Crippen LogP contribution < -0.4 is 14.4 Å². The van der Waals surface area contributed by atoms with Crippen LogP contribution in [-0.4, -0.2) is 51.2 Å². The number of carbonyl (C=O) groups is 1. The minimum Gasteiger partial charge on any atom is -0.494 e. The normalized spacial score (nSPS) is 15.6. The van der Waals surface area contributed by atoms with E-state index in [0.29, 0.717) is 24.6 Å². The van der Waals surface area contributed by atoms with Gasteiger partial charge in [-0.05, 0) is 75.2 Å². The van der Waals surface area contributed by atoms with E-state index in [1.165, 1.54) is 24.8 Å². The van der Waals surface area contributed by atoms with Crippen molar-refractivity contribution in [3.63, 3.8) is 0 Å². The molecule has 1 saturated heterocycles. The summed E-state index contributed by atoms with van der Waals surface area (Å²) in [6, 6.07) is 14.0. The number of amides is 1. The van der Waals surface area contributed by atoms with Crippen molar-refractivity contribution in [3.05, 3.63) is 59.7 Å². The molecule has 1 heterocycles. The summed E-state index contributed by atoms with van der Waals surface area (Å²) in [7, 11) is -3.66. The summed E-state index contributed by atoms with van der Waals surface area (Å²) in [5.74, 6) is 0.294. The number of nitrogens with zero attached hydrogens (tertiary/aromatic N) is 2. The highest BCUT2D eigenvalue weighted by Crippen LogP contribution is 2.24. The maximum atomic E-state index is 12.8. The first-order valence-electron chi connectivity index (χ1n) is 11.6. The van der Waals surface area contributed by atoms with Crippen molar-refractivity contribution in [2.75, 3.05) is 30.3 Å². The van der Waals surface area contributed by atoms with Crippen molar-refractivity contribution in [2.24, 2.45) is 0 Å². The van der Waals surface area contributed by atoms with Crippen molar-refractivity contribution in [2.45, 2.75) is 52.2 Å². The molecule has 1 N–H and O–H groups in total. The lowest BCUT2D eigenvalue weighted by Gasteiger charge is -2.28. The minimum absolute atomic E-state index is 0.341. The number of nitrogens with one attached hydrogen (secondary N) is 1. The lowest BCUT2D eigenvalue weighted by Crippen LogP contribution is -2.47. The molecule has 3 rings (SSSR count). The number of sulfonamides is 1. The van der Waals surface area contributed by atoms with Crippen LogP contribution in [0, 0.1) is 0 Å². The van der Waals surface area contributed by atoms with E-state index in [9.17, 15) is 13.2 Å². The quantitative estimate of drug-likeness (QED) is 0.571. The molecule has 8 heteroatoms. The molecule has 180 valence electrons.